The van der Waals surface area contributed by atoms with Gasteiger partial charge < -0.3 is 5.11 Å². The molecule has 4 aromatic rings. The van der Waals surface area contributed by atoms with Gasteiger partial charge in [-0.05, 0) is 84.5 Å². The molecule has 0 amide bonds. The van der Waals surface area contributed by atoms with Gasteiger partial charge >= 0.3 is 5.97 Å². The smallest absolute Gasteiger partial charge is 0.328 e. The van der Waals surface area contributed by atoms with Crippen LogP contribution in [-0.2, 0) is 11.2 Å². The summed E-state index contributed by atoms with van der Waals surface area (Å²) in [6.07, 6.45) is 4.32. The van der Waals surface area contributed by atoms with Crippen molar-refractivity contribution in [1.29, 1.82) is 0 Å². The molecule has 0 bridgehead atoms. The normalized spacial score (nSPS) is 15.5. The maximum Gasteiger partial charge on any atom is 0.328 e. The molecule has 0 radical (unpaired) electrons. The number of carboxylic acid groups (broad SMARTS) is 1. The van der Waals surface area contributed by atoms with Crippen molar-refractivity contribution in [2.24, 2.45) is 0 Å². The number of hydrogen-bond acceptors (Lipinski definition) is 3. The number of alkyl halides is 1. The first-order chi connectivity index (χ1) is 19.1. The molecule has 208 valence electrons. The monoisotopic (exact) mass is 546 g/mol. The van der Waals surface area contributed by atoms with Crippen LogP contribution < -0.4 is 0 Å². The first-order valence-corrected chi connectivity index (χ1v) is 13.4. The number of halogens is 3. The summed E-state index contributed by atoms with van der Waals surface area (Å²) in [6, 6.07) is 17.1. The van der Waals surface area contributed by atoms with Crippen LogP contribution >= 0.6 is 0 Å². The van der Waals surface area contributed by atoms with E-state index in [0.29, 0.717) is 13.0 Å². The molecule has 2 heterocycles. The highest BCUT2D eigenvalue weighted by Crippen LogP contribution is 2.40. The van der Waals surface area contributed by atoms with Crippen molar-refractivity contribution in [2.75, 3.05) is 13.1 Å². The zero-order chi connectivity index (χ0) is 29.0. The molecule has 1 aromatic heterocycles. The minimum Gasteiger partial charge on any atom is -0.478 e. The Morgan fingerprint density at radius 3 is 2.40 bits per heavy atom. The molecule has 3 aromatic carbocycles. The second-order valence-corrected chi connectivity index (χ2v) is 10.2. The van der Waals surface area contributed by atoms with Gasteiger partial charge in [0.2, 0.25) is 0 Å². The molecular weight excluding hydrogens is 513 g/mol. The van der Waals surface area contributed by atoms with E-state index in [0.717, 1.165) is 57.4 Å². The van der Waals surface area contributed by atoms with Crippen LogP contribution in [0.25, 0.3) is 28.1 Å². The lowest BCUT2D eigenvalue weighted by Gasteiger charge is -2.40. The maximum absolute atomic E-state index is 15.5. The largest absolute Gasteiger partial charge is 0.478 e. The number of rotatable bonds is 6. The Labute approximate surface area is 232 Å². The average molecular weight is 547 g/mol. The summed E-state index contributed by atoms with van der Waals surface area (Å²) in [5.74, 6) is -2.83. The number of hydrogen-bond donors (Lipinski definition) is 1. The van der Waals surface area contributed by atoms with Gasteiger partial charge in [0.15, 0.2) is 0 Å². The van der Waals surface area contributed by atoms with Crippen molar-refractivity contribution in [3.63, 3.8) is 0 Å². The highest BCUT2D eigenvalue weighted by molar-refractivity contribution is 5.85. The van der Waals surface area contributed by atoms with E-state index >= 15 is 8.78 Å². The Balaban J connectivity index is 0.00000181. The Kier molecular flexibility index (Phi) is 8.74. The molecule has 5 rings (SSSR count). The molecule has 1 unspecified atom stereocenters. The summed E-state index contributed by atoms with van der Waals surface area (Å²) in [7, 11) is 0. The van der Waals surface area contributed by atoms with Gasteiger partial charge in [0.1, 0.15) is 17.3 Å². The van der Waals surface area contributed by atoms with E-state index in [1.54, 1.807) is 11.1 Å². The standard InChI is InChI=1S/C31H27F3N2O2.C2H6/c1-31(2,34)18-36-13-11-22-16-20(21-7-9-27-23(17-21)4-3-12-35-27)6-8-24(22)30(36)29-25(32)14-19(15-26(29)33)5-10-28(37)38;1-2/h3-10,12,14-17,30H,11,13,18H2,1-2H3,(H,37,38);1-2H3/b10-5+;. The molecule has 0 fully saturated rings. The predicted octanol–water partition coefficient (Wildman–Crippen LogP) is 8.00. The molecule has 1 aliphatic rings. The van der Waals surface area contributed by atoms with Crippen molar-refractivity contribution in [1.82, 2.24) is 9.88 Å². The summed E-state index contributed by atoms with van der Waals surface area (Å²) in [5.41, 5.74) is 2.89. The van der Waals surface area contributed by atoms with Gasteiger partial charge in [-0.1, -0.05) is 44.2 Å². The molecule has 1 aliphatic heterocycles. The molecule has 1 atom stereocenters. The molecular formula is C33H33F3N2O2. The van der Waals surface area contributed by atoms with Crippen molar-refractivity contribution < 1.29 is 23.1 Å². The number of fused-ring (bicyclic) bond motifs is 2. The highest BCUT2D eigenvalue weighted by atomic mass is 19.1. The number of nitrogens with zero attached hydrogens (tertiary/aromatic N) is 2. The van der Waals surface area contributed by atoms with E-state index in [9.17, 15) is 9.18 Å². The fourth-order valence-corrected chi connectivity index (χ4v) is 5.23. The fourth-order valence-electron chi connectivity index (χ4n) is 5.23. The number of carboxylic acids is 1. The molecule has 1 N–H and O–H groups in total. The summed E-state index contributed by atoms with van der Waals surface area (Å²) < 4.78 is 45.7. The van der Waals surface area contributed by atoms with E-state index < -0.39 is 29.3 Å². The molecule has 0 aliphatic carbocycles. The Bertz CT molecular complexity index is 1540. The van der Waals surface area contributed by atoms with Gasteiger partial charge in [0, 0.05) is 36.3 Å². The van der Waals surface area contributed by atoms with Crippen molar-refractivity contribution in [3.8, 4) is 11.1 Å². The van der Waals surface area contributed by atoms with Crippen LogP contribution in [0.4, 0.5) is 13.2 Å². The maximum atomic E-state index is 15.5. The third-order valence-electron chi connectivity index (χ3n) is 6.78. The van der Waals surface area contributed by atoms with E-state index in [1.807, 2.05) is 56.3 Å². The van der Waals surface area contributed by atoms with Crippen molar-refractivity contribution >= 4 is 22.9 Å². The van der Waals surface area contributed by atoms with E-state index in [-0.39, 0.29) is 17.7 Å². The Morgan fingerprint density at radius 2 is 1.73 bits per heavy atom. The van der Waals surface area contributed by atoms with Crippen LogP contribution in [0.3, 0.4) is 0 Å². The quantitative estimate of drug-likeness (QED) is 0.249. The zero-order valence-corrected chi connectivity index (χ0v) is 23.1. The Morgan fingerprint density at radius 1 is 1.05 bits per heavy atom. The van der Waals surface area contributed by atoms with Gasteiger partial charge in [-0.25, -0.2) is 18.0 Å². The lowest BCUT2D eigenvalue weighted by molar-refractivity contribution is -0.131. The molecule has 40 heavy (non-hydrogen) atoms. The highest BCUT2D eigenvalue weighted by Gasteiger charge is 2.36. The number of pyridine rings is 1. The zero-order valence-electron chi connectivity index (χ0n) is 23.1. The minimum absolute atomic E-state index is 0.00389. The third-order valence-corrected chi connectivity index (χ3v) is 6.78. The fraction of sp³-hybridized carbons (Fsp3) is 0.273. The van der Waals surface area contributed by atoms with Crippen molar-refractivity contribution in [2.45, 2.75) is 45.8 Å². The summed E-state index contributed by atoms with van der Waals surface area (Å²) in [4.78, 5) is 17.0. The minimum atomic E-state index is -1.58. The van der Waals surface area contributed by atoms with Crippen LogP contribution in [-0.4, -0.2) is 39.7 Å². The lowest BCUT2D eigenvalue weighted by Crippen LogP contribution is -2.43. The van der Waals surface area contributed by atoms with Gasteiger partial charge in [-0.3, -0.25) is 9.88 Å². The predicted molar refractivity (Wildman–Crippen MR) is 154 cm³/mol. The molecule has 7 heteroatoms. The third kappa shape index (κ3) is 6.42. The number of aromatic nitrogens is 1. The van der Waals surface area contributed by atoms with Gasteiger partial charge in [0.05, 0.1) is 11.6 Å². The van der Waals surface area contributed by atoms with E-state index in [2.05, 4.69) is 11.1 Å². The lowest BCUT2D eigenvalue weighted by atomic mass is 9.85. The average Bonchev–Trinajstić information content (AvgIpc) is 2.92. The molecule has 0 saturated carbocycles. The summed E-state index contributed by atoms with van der Waals surface area (Å²) in [6.45, 7) is 7.32. The summed E-state index contributed by atoms with van der Waals surface area (Å²) in [5, 5.41) is 9.87. The van der Waals surface area contributed by atoms with Crippen LogP contribution in [0.15, 0.2) is 72.9 Å². The second kappa shape index (κ2) is 12.0. The first-order valence-electron chi connectivity index (χ1n) is 13.4. The van der Waals surface area contributed by atoms with Gasteiger partial charge in [-0.15, -0.1) is 0 Å². The first kappa shape index (κ1) is 29.0. The van der Waals surface area contributed by atoms with Crippen LogP contribution in [0, 0.1) is 11.6 Å². The van der Waals surface area contributed by atoms with Crippen LogP contribution in [0.1, 0.15) is 56.0 Å². The number of benzene rings is 3. The van der Waals surface area contributed by atoms with Crippen LogP contribution in [0.5, 0.6) is 0 Å². The van der Waals surface area contributed by atoms with Crippen LogP contribution in [0.2, 0.25) is 0 Å². The topological polar surface area (TPSA) is 53.4 Å². The second-order valence-electron chi connectivity index (χ2n) is 10.2. The van der Waals surface area contributed by atoms with E-state index in [1.165, 1.54) is 13.8 Å². The SMILES string of the molecule is CC.CC(C)(F)CN1CCc2cc(-c3ccc4ncccc4c3)ccc2C1c1c(F)cc(/C=C/C(=O)O)cc1F. The van der Waals surface area contributed by atoms with Gasteiger partial charge in [0.25, 0.3) is 0 Å². The molecule has 0 spiro atoms. The molecule has 0 saturated heterocycles. The summed E-state index contributed by atoms with van der Waals surface area (Å²) >= 11 is 0. The Hall–Kier alpha value is -3.97. The molecule has 4 nitrogen and oxygen atoms in total. The van der Waals surface area contributed by atoms with Gasteiger partial charge in [-0.2, -0.15) is 0 Å². The van der Waals surface area contributed by atoms with E-state index in [4.69, 9.17) is 5.11 Å². The number of carbonyl (C=O) groups is 1. The van der Waals surface area contributed by atoms with Crippen molar-refractivity contribution in [3.05, 3.63) is 107 Å². The number of aliphatic carboxylic acids is 1.